The Labute approximate surface area is 204 Å². The number of halogens is 1. The van der Waals surface area contributed by atoms with Gasteiger partial charge in [0, 0.05) is 0 Å². The number of nitrogens with zero attached hydrogens (tertiary/aromatic N) is 1. The highest BCUT2D eigenvalue weighted by Crippen LogP contribution is 2.34. The SMILES string of the molecule is O=C(Oc1ccc(/C=C2\SC(=O)N(Cc3cccc4ccccc34)C2=O)cc1)c1ccc(F)cc1. The van der Waals surface area contributed by atoms with E-state index >= 15 is 0 Å². The minimum absolute atomic E-state index is 0.196. The average molecular weight is 484 g/mol. The van der Waals surface area contributed by atoms with Gasteiger partial charge in [-0.1, -0.05) is 54.6 Å². The van der Waals surface area contributed by atoms with Crippen molar-refractivity contribution >= 4 is 45.7 Å². The van der Waals surface area contributed by atoms with Crippen molar-refractivity contribution in [2.24, 2.45) is 0 Å². The fourth-order valence-corrected chi connectivity index (χ4v) is 4.61. The van der Waals surface area contributed by atoms with Crippen LogP contribution in [0.15, 0.2) is 95.9 Å². The standard InChI is InChI=1S/C28H18FNO4S/c29-22-12-10-20(11-13-22)27(32)34-23-14-8-18(9-15-23)16-25-26(31)30(28(33)35-25)17-21-6-3-5-19-4-1-2-7-24(19)21/h1-16H,17H2/b25-16-. The Bertz CT molecular complexity index is 1470. The van der Waals surface area contributed by atoms with Gasteiger partial charge in [-0.3, -0.25) is 14.5 Å². The Morgan fingerprint density at radius 2 is 1.60 bits per heavy atom. The lowest BCUT2D eigenvalue weighted by molar-refractivity contribution is -0.123. The lowest BCUT2D eigenvalue weighted by atomic mass is 10.0. The molecule has 0 aliphatic carbocycles. The number of carbonyl (C=O) groups is 3. The Hall–Kier alpha value is -4.23. The predicted octanol–water partition coefficient (Wildman–Crippen LogP) is 6.43. The van der Waals surface area contributed by atoms with Crippen LogP contribution >= 0.6 is 11.8 Å². The quantitative estimate of drug-likeness (QED) is 0.186. The summed E-state index contributed by atoms with van der Waals surface area (Å²) in [6, 6.07) is 25.3. The van der Waals surface area contributed by atoms with Gasteiger partial charge in [0.2, 0.25) is 0 Å². The van der Waals surface area contributed by atoms with Crippen LogP contribution in [-0.2, 0) is 11.3 Å². The second kappa shape index (κ2) is 9.56. The summed E-state index contributed by atoms with van der Waals surface area (Å²) in [5.74, 6) is -1.08. The summed E-state index contributed by atoms with van der Waals surface area (Å²) in [5.41, 5.74) is 1.82. The number of rotatable bonds is 5. The molecule has 1 fully saturated rings. The molecule has 4 aromatic rings. The molecule has 7 heteroatoms. The third kappa shape index (κ3) is 4.85. The number of thioether (sulfide) groups is 1. The summed E-state index contributed by atoms with van der Waals surface area (Å²) >= 11 is 0.897. The number of ether oxygens (including phenoxy) is 1. The molecule has 2 amide bonds. The van der Waals surface area contributed by atoms with E-state index in [9.17, 15) is 18.8 Å². The van der Waals surface area contributed by atoms with Gasteiger partial charge in [0.25, 0.3) is 11.1 Å². The zero-order valence-electron chi connectivity index (χ0n) is 18.3. The normalized spacial score (nSPS) is 14.7. The number of hydrogen-bond donors (Lipinski definition) is 0. The Morgan fingerprint density at radius 1 is 0.886 bits per heavy atom. The number of esters is 1. The van der Waals surface area contributed by atoms with Gasteiger partial charge >= 0.3 is 5.97 Å². The van der Waals surface area contributed by atoms with Crippen LogP contribution in [0.1, 0.15) is 21.5 Å². The molecule has 1 aliphatic rings. The maximum absolute atomic E-state index is 13.0. The molecule has 5 rings (SSSR count). The van der Waals surface area contributed by atoms with Gasteiger partial charge in [0.1, 0.15) is 11.6 Å². The van der Waals surface area contributed by atoms with Crippen molar-refractivity contribution in [2.45, 2.75) is 6.54 Å². The van der Waals surface area contributed by atoms with Crippen molar-refractivity contribution in [1.82, 2.24) is 4.90 Å². The second-order valence-electron chi connectivity index (χ2n) is 7.87. The van der Waals surface area contributed by atoms with Crippen molar-refractivity contribution in [1.29, 1.82) is 0 Å². The zero-order valence-corrected chi connectivity index (χ0v) is 19.1. The largest absolute Gasteiger partial charge is 0.423 e. The third-order valence-corrected chi connectivity index (χ3v) is 6.46. The molecule has 1 aliphatic heterocycles. The van der Waals surface area contributed by atoms with Crippen LogP contribution in [0, 0.1) is 5.82 Å². The molecular weight excluding hydrogens is 465 g/mol. The molecule has 0 saturated carbocycles. The monoisotopic (exact) mass is 483 g/mol. The van der Waals surface area contributed by atoms with Gasteiger partial charge in [0.15, 0.2) is 0 Å². The van der Waals surface area contributed by atoms with Gasteiger partial charge in [-0.25, -0.2) is 9.18 Å². The smallest absolute Gasteiger partial charge is 0.343 e. The van der Waals surface area contributed by atoms with E-state index in [-0.39, 0.29) is 23.3 Å². The zero-order chi connectivity index (χ0) is 24.4. The highest BCUT2D eigenvalue weighted by molar-refractivity contribution is 8.18. The lowest BCUT2D eigenvalue weighted by Gasteiger charge is -2.14. The van der Waals surface area contributed by atoms with Crippen molar-refractivity contribution in [3.05, 3.63) is 118 Å². The fraction of sp³-hybridized carbons (Fsp3) is 0.0357. The Kier molecular flexibility index (Phi) is 6.16. The van der Waals surface area contributed by atoms with Crippen LogP contribution in [0.3, 0.4) is 0 Å². The van der Waals surface area contributed by atoms with Crippen LogP contribution in [0.4, 0.5) is 9.18 Å². The molecule has 0 aromatic heterocycles. The highest BCUT2D eigenvalue weighted by Gasteiger charge is 2.35. The summed E-state index contributed by atoms with van der Waals surface area (Å²) in [6.07, 6.45) is 1.64. The molecule has 0 N–H and O–H groups in total. The van der Waals surface area contributed by atoms with E-state index in [1.807, 2.05) is 42.5 Å². The van der Waals surface area contributed by atoms with E-state index in [0.29, 0.717) is 16.2 Å². The van der Waals surface area contributed by atoms with Crippen LogP contribution in [0.5, 0.6) is 5.75 Å². The van der Waals surface area contributed by atoms with E-state index in [4.69, 9.17) is 4.74 Å². The van der Waals surface area contributed by atoms with Gasteiger partial charge < -0.3 is 4.74 Å². The van der Waals surface area contributed by atoms with Gasteiger partial charge in [0.05, 0.1) is 17.0 Å². The van der Waals surface area contributed by atoms with Crippen molar-refractivity contribution in [3.63, 3.8) is 0 Å². The lowest BCUT2D eigenvalue weighted by Crippen LogP contribution is -2.27. The molecule has 4 aromatic carbocycles. The fourth-order valence-electron chi connectivity index (χ4n) is 3.77. The summed E-state index contributed by atoms with van der Waals surface area (Å²) in [7, 11) is 0. The van der Waals surface area contributed by atoms with E-state index in [2.05, 4.69) is 0 Å². The van der Waals surface area contributed by atoms with Crippen molar-refractivity contribution in [3.8, 4) is 5.75 Å². The van der Waals surface area contributed by atoms with Gasteiger partial charge in [-0.05, 0) is 76.1 Å². The maximum atomic E-state index is 13.0. The maximum Gasteiger partial charge on any atom is 0.343 e. The van der Waals surface area contributed by atoms with Crippen LogP contribution in [0.2, 0.25) is 0 Å². The predicted molar refractivity (Wildman–Crippen MR) is 133 cm³/mol. The van der Waals surface area contributed by atoms with E-state index in [1.54, 1.807) is 30.3 Å². The molecule has 0 spiro atoms. The van der Waals surface area contributed by atoms with Gasteiger partial charge in [-0.2, -0.15) is 0 Å². The van der Waals surface area contributed by atoms with Crippen LogP contribution in [0.25, 0.3) is 16.8 Å². The summed E-state index contributed by atoms with van der Waals surface area (Å²) in [4.78, 5) is 39.3. The summed E-state index contributed by atoms with van der Waals surface area (Å²) in [5, 5.41) is 1.73. The molecule has 0 radical (unpaired) electrons. The molecule has 35 heavy (non-hydrogen) atoms. The Balaban J connectivity index is 1.29. The Morgan fingerprint density at radius 3 is 2.37 bits per heavy atom. The number of hydrogen-bond acceptors (Lipinski definition) is 5. The summed E-state index contributed by atoms with van der Waals surface area (Å²) < 4.78 is 18.3. The van der Waals surface area contributed by atoms with E-state index in [1.165, 1.54) is 29.2 Å². The molecule has 0 bridgehead atoms. The number of amides is 2. The third-order valence-electron chi connectivity index (χ3n) is 5.55. The highest BCUT2D eigenvalue weighted by atomic mass is 32.2. The molecule has 1 heterocycles. The molecule has 0 atom stereocenters. The second-order valence-corrected chi connectivity index (χ2v) is 8.86. The minimum atomic E-state index is -0.604. The van der Waals surface area contributed by atoms with Crippen LogP contribution in [-0.4, -0.2) is 22.0 Å². The first-order valence-electron chi connectivity index (χ1n) is 10.8. The number of fused-ring (bicyclic) bond motifs is 1. The molecular formula is C28H18FNO4S. The molecule has 5 nitrogen and oxygen atoms in total. The molecule has 172 valence electrons. The first-order valence-corrected chi connectivity index (χ1v) is 11.6. The van der Waals surface area contributed by atoms with Crippen molar-refractivity contribution < 1.29 is 23.5 Å². The topological polar surface area (TPSA) is 63.7 Å². The first-order chi connectivity index (χ1) is 17.0. The number of carbonyl (C=O) groups excluding carboxylic acids is 3. The van der Waals surface area contributed by atoms with E-state index < -0.39 is 11.8 Å². The average Bonchev–Trinajstić information content (AvgIpc) is 3.13. The first kappa shape index (κ1) is 22.6. The number of benzene rings is 4. The minimum Gasteiger partial charge on any atom is -0.423 e. The van der Waals surface area contributed by atoms with E-state index in [0.717, 1.165) is 28.1 Å². The van der Waals surface area contributed by atoms with Crippen LogP contribution < -0.4 is 4.74 Å². The summed E-state index contributed by atoms with van der Waals surface area (Å²) in [6.45, 7) is 0.196. The number of imide groups is 1. The van der Waals surface area contributed by atoms with Crippen molar-refractivity contribution in [2.75, 3.05) is 0 Å². The molecule has 1 saturated heterocycles. The molecule has 0 unspecified atom stereocenters. The van der Waals surface area contributed by atoms with Gasteiger partial charge in [-0.15, -0.1) is 0 Å².